The van der Waals surface area contributed by atoms with Crippen LogP contribution in [0.2, 0.25) is 5.02 Å². The van der Waals surface area contributed by atoms with E-state index in [0.29, 0.717) is 34.9 Å². The number of anilines is 3. The summed E-state index contributed by atoms with van der Waals surface area (Å²) in [7, 11) is 0. The predicted molar refractivity (Wildman–Crippen MR) is 133 cm³/mol. The van der Waals surface area contributed by atoms with E-state index in [-0.39, 0.29) is 11.8 Å². The lowest BCUT2D eigenvalue weighted by atomic mass is 10.2. The van der Waals surface area contributed by atoms with Gasteiger partial charge in [-0.15, -0.1) is 0 Å². The lowest BCUT2D eigenvalue weighted by Crippen LogP contribution is -2.21. The second kappa shape index (κ2) is 9.73. The molecule has 35 heavy (non-hydrogen) atoms. The van der Waals surface area contributed by atoms with Crippen LogP contribution in [0.25, 0.3) is 10.9 Å². The summed E-state index contributed by atoms with van der Waals surface area (Å²) in [6, 6.07) is 16.8. The number of aliphatic hydroxyl groups excluding tert-OH is 1. The van der Waals surface area contributed by atoms with Gasteiger partial charge in [-0.3, -0.25) is 0 Å². The monoisotopic (exact) mass is 493 g/mol. The molecule has 4 aromatic rings. The minimum Gasteiger partial charge on any atom is -0.463 e. The SMILES string of the molecule is C[C@@H](O)[C@H]1COC(Nc2ccc3ncnc(Nc4ccc(Oc5ccccc5F)c(Cl)c4)c3c2)=N1. The molecule has 1 aromatic heterocycles. The number of rotatable bonds is 6. The first-order chi connectivity index (χ1) is 17.0. The number of aliphatic imine (C=N–C) groups is 1. The highest BCUT2D eigenvalue weighted by Crippen LogP contribution is 2.34. The van der Waals surface area contributed by atoms with E-state index in [1.54, 1.807) is 37.3 Å². The smallest absolute Gasteiger partial charge is 0.289 e. The Bertz CT molecular complexity index is 1420. The summed E-state index contributed by atoms with van der Waals surface area (Å²) in [5, 5.41) is 17.1. The summed E-state index contributed by atoms with van der Waals surface area (Å²) in [5.41, 5.74) is 2.12. The highest BCUT2D eigenvalue weighted by Gasteiger charge is 2.23. The minimum atomic E-state index is -0.592. The Kier molecular flexibility index (Phi) is 6.35. The molecule has 10 heteroatoms. The normalized spacial score (nSPS) is 15.9. The zero-order valence-electron chi connectivity index (χ0n) is 18.6. The van der Waals surface area contributed by atoms with Crippen molar-refractivity contribution in [1.82, 2.24) is 9.97 Å². The number of hydrogen-bond donors (Lipinski definition) is 3. The molecule has 1 aliphatic heterocycles. The average Bonchev–Trinajstić information content (AvgIpc) is 3.31. The van der Waals surface area contributed by atoms with E-state index in [9.17, 15) is 9.50 Å². The molecule has 0 saturated heterocycles. The van der Waals surface area contributed by atoms with Gasteiger partial charge in [-0.25, -0.2) is 19.4 Å². The minimum absolute atomic E-state index is 0.0903. The molecule has 0 bridgehead atoms. The number of ether oxygens (including phenoxy) is 2. The van der Waals surface area contributed by atoms with Crippen LogP contribution in [0.4, 0.5) is 21.6 Å². The van der Waals surface area contributed by atoms with E-state index in [4.69, 9.17) is 21.1 Å². The first kappa shape index (κ1) is 22.8. The lowest BCUT2D eigenvalue weighted by Gasteiger charge is -2.13. The number of hydrogen-bond acceptors (Lipinski definition) is 8. The number of aromatic nitrogens is 2. The molecule has 2 atom stereocenters. The molecule has 0 aliphatic carbocycles. The van der Waals surface area contributed by atoms with Crippen molar-refractivity contribution < 1.29 is 19.0 Å². The molecule has 0 fully saturated rings. The fourth-order valence-electron chi connectivity index (χ4n) is 3.51. The summed E-state index contributed by atoms with van der Waals surface area (Å²) in [4.78, 5) is 13.0. The Morgan fingerprint density at radius 3 is 2.63 bits per heavy atom. The molecule has 0 saturated carbocycles. The van der Waals surface area contributed by atoms with Gasteiger partial charge in [-0.2, -0.15) is 0 Å². The van der Waals surface area contributed by atoms with Gasteiger partial charge in [0.15, 0.2) is 11.6 Å². The van der Waals surface area contributed by atoms with E-state index >= 15 is 0 Å². The van der Waals surface area contributed by atoms with Crippen LogP contribution in [0.3, 0.4) is 0 Å². The van der Waals surface area contributed by atoms with Crippen LogP contribution in [-0.2, 0) is 4.74 Å². The van der Waals surface area contributed by atoms with Crippen molar-refractivity contribution in [3.8, 4) is 11.5 Å². The molecule has 1 aliphatic rings. The Balaban J connectivity index is 1.37. The third kappa shape index (κ3) is 5.11. The fraction of sp³-hybridized carbons (Fsp3) is 0.160. The number of aliphatic hydroxyl groups is 1. The van der Waals surface area contributed by atoms with Crippen LogP contribution in [-0.4, -0.2) is 39.8 Å². The van der Waals surface area contributed by atoms with Crippen LogP contribution in [0.5, 0.6) is 11.5 Å². The van der Waals surface area contributed by atoms with Crippen LogP contribution in [0, 0.1) is 5.82 Å². The summed E-state index contributed by atoms with van der Waals surface area (Å²) >= 11 is 6.40. The number of halogens is 2. The van der Waals surface area contributed by atoms with Crippen molar-refractivity contribution >= 4 is 45.7 Å². The molecular formula is C25H21ClFN5O3. The van der Waals surface area contributed by atoms with E-state index in [1.807, 2.05) is 18.2 Å². The number of benzene rings is 3. The number of para-hydroxylation sites is 1. The van der Waals surface area contributed by atoms with Gasteiger partial charge < -0.3 is 25.2 Å². The van der Waals surface area contributed by atoms with Crippen molar-refractivity contribution in [1.29, 1.82) is 0 Å². The molecule has 2 heterocycles. The first-order valence-electron chi connectivity index (χ1n) is 10.9. The van der Waals surface area contributed by atoms with Crippen LogP contribution in [0.1, 0.15) is 6.92 Å². The second-order valence-electron chi connectivity index (χ2n) is 7.94. The van der Waals surface area contributed by atoms with Crippen molar-refractivity contribution in [2.45, 2.75) is 19.1 Å². The van der Waals surface area contributed by atoms with Crippen molar-refractivity contribution in [3.63, 3.8) is 0 Å². The van der Waals surface area contributed by atoms with Crippen LogP contribution in [0.15, 0.2) is 72.0 Å². The lowest BCUT2D eigenvalue weighted by molar-refractivity contribution is 0.145. The Morgan fingerprint density at radius 1 is 1.06 bits per heavy atom. The van der Waals surface area contributed by atoms with Gasteiger partial charge in [0.05, 0.1) is 16.6 Å². The molecule has 0 radical (unpaired) electrons. The van der Waals surface area contributed by atoms with Crippen molar-refractivity contribution in [3.05, 3.63) is 77.8 Å². The molecular weight excluding hydrogens is 473 g/mol. The third-order valence-electron chi connectivity index (χ3n) is 5.37. The van der Waals surface area contributed by atoms with Gasteiger partial charge in [-0.05, 0) is 55.5 Å². The maximum absolute atomic E-state index is 13.9. The maximum Gasteiger partial charge on any atom is 0.289 e. The van der Waals surface area contributed by atoms with Gasteiger partial charge >= 0.3 is 0 Å². The van der Waals surface area contributed by atoms with E-state index in [1.165, 1.54) is 18.5 Å². The zero-order valence-corrected chi connectivity index (χ0v) is 19.3. The topological polar surface area (TPSA) is 101 Å². The molecule has 0 amide bonds. The van der Waals surface area contributed by atoms with E-state index in [2.05, 4.69) is 25.6 Å². The number of amidine groups is 1. The predicted octanol–water partition coefficient (Wildman–Crippen LogP) is 5.51. The zero-order chi connectivity index (χ0) is 24.4. The summed E-state index contributed by atoms with van der Waals surface area (Å²) in [5.74, 6) is 0.508. The quantitative estimate of drug-likeness (QED) is 0.326. The van der Waals surface area contributed by atoms with E-state index < -0.39 is 11.9 Å². The van der Waals surface area contributed by atoms with Gasteiger partial charge in [0.2, 0.25) is 0 Å². The number of fused-ring (bicyclic) bond motifs is 1. The van der Waals surface area contributed by atoms with Gasteiger partial charge in [0.25, 0.3) is 6.02 Å². The largest absolute Gasteiger partial charge is 0.463 e. The molecule has 0 spiro atoms. The molecule has 5 rings (SSSR count). The Hall–Kier alpha value is -3.95. The van der Waals surface area contributed by atoms with Crippen molar-refractivity contribution in [2.24, 2.45) is 4.99 Å². The summed E-state index contributed by atoms with van der Waals surface area (Å²) in [6.45, 7) is 2.00. The number of nitrogens with zero attached hydrogens (tertiary/aromatic N) is 3. The Labute approximate surface area is 205 Å². The number of nitrogens with one attached hydrogen (secondary N) is 2. The Morgan fingerprint density at radius 2 is 1.86 bits per heavy atom. The molecule has 3 aromatic carbocycles. The average molecular weight is 494 g/mol. The fourth-order valence-corrected chi connectivity index (χ4v) is 3.73. The second-order valence-corrected chi connectivity index (χ2v) is 8.34. The van der Waals surface area contributed by atoms with Crippen molar-refractivity contribution in [2.75, 3.05) is 17.2 Å². The van der Waals surface area contributed by atoms with Gasteiger partial charge in [0.1, 0.15) is 30.5 Å². The van der Waals surface area contributed by atoms with Gasteiger partial charge in [0, 0.05) is 16.8 Å². The first-order valence-corrected chi connectivity index (χ1v) is 11.2. The van der Waals surface area contributed by atoms with Crippen LogP contribution >= 0.6 is 11.6 Å². The van der Waals surface area contributed by atoms with E-state index in [0.717, 1.165) is 16.6 Å². The molecule has 178 valence electrons. The highest BCUT2D eigenvalue weighted by atomic mass is 35.5. The molecule has 3 N–H and O–H groups in total. The molecule has 0 unspecified atom stereocenters. The summed E-state index contributed by atoms with van der Waals surface area (Å²) < 4.78 is 25.0. The summed E-state index contributed by atoms with van der Waals surface area (Å²) in [6.07, 6.45) is 0.873. The maximum atomic E-state index is 13.9. The standard InChI is InChI=1S/C25H21ClFN5O3/c1-14(33)21-12-34-25(32-21)31-15-6-8-20-17(10-15)24(29-13-28-20)30-16-7-9-22(18(26)11-16)35-23-5-3-2-4-19(23)27/h2-11,13-14,21,33H,12H2,1H3,(H,31,32)(H,28,29,30)/t14-,21-/m1/s1. The van der Waals surface area contributed by atoms with Gasteiger partial charge in [-0.1, -0.05) is 23.7 Å². The van der Waals surface area contributed by atoms with Crippen LogP contribution < -0.4 is 15.4 Å². The third-order valence-corrected chi connectivity index (χ3v) is 5.66. The highest BCUT2D eigenvalue weighted by molar-refractivity contribution is 6.32. The molecule has 8 nitrogen and oxygen atoms in total.